The van der Waals surface area contributed by atoms with Crippen LogP contribution in [0.25, 0.3) is 0 Å². The van der Waals surface area contributed by atoms with Gasteiger partial charge in [-0.2, -0.15) is 0 Å². The predicted molar refractivity (Wildman–Crippen MR) is 221 cm³/mol. The van der Waals surface area contributed by atoms with E-state index in [0.29, 0.717) is 43.7 Å². The van der Waals surface area contributed by atoms with Crippen LogP contribution >= 0.6 is 0 Å². The number of carbonyl (C=O) groups is 4. The second-order valence-electron chi connectivity index (χ2n) is 22.6. The van der Waals surface area contributed by atoms with Gasteiger partial charge in [-0.25, -0.2) is 0 Å². The summed E-state index contributed by atoms with van der Waals surface area (Å²) in [5, 5.41) is 22.3. The summed E-state index contributed by atoms with van der Waals surface area (Å²) in [5.74, 6) is 0.940. The number of carbonyl (C=O) groups excluding carboxylic acids is 3. The van der Waals surface area contributed by atoms with Gasteiger partial charge in [-0.1, -0.05) is 60.5 Å². The maximum Gasteiger partial charge on any atom is 0.309 e. The highest BCUT2D eigenvalue weighted by atomic mass is 16.5. The number of likely N-dealkylation sites (tertiary alicyclic amines) is 1. The quantitative estimate of drug-likeness (QED) is 0.178. The van der Waals surface area contributed by atoms with Gasteiger partial charge in [-0.15, -0.1) is 0 Å². The van der Waals surface area contributed by atoms with Crippen LogP contribution in [0.4, 0.5) is 0 Å². The van der Waals surface area contributed by atoms with Crippen molar-refractivity contribution in [1.29, 1.82) is 0 Å². The lowest BCUT2D eigenvalue weighted by molar-refractivity contribution is -0.235. The number of amides is 1. The number of hydrogen-bond acceptors (Lipinski definition) is 7. The summed E-state index contributed by atoms with van der Waals surface area (Å²) >= 11 is 0. The Labute approximate surface area is 343 Å². The van der Waals surface area contributed by atoms with Crippen LogP contribution in [0.3, 0.4) is 0 Å². The van der Waals surface area contributed by atoms with E-state index in [9.17, 15) is 29.4 Å². The number of rotatable bonds is 13. The van der Waals surface area contributed by atoms with E-state index < -0.39 is 28.9 Å². The molecule has 1 saturated heterocycles. The van der Waals surface area contributed by atoms with Crippen molar-refractivity contribution in [2.75, 3.05) is 32.7 Å². The molecule has 1 heterocycles. The van der Waals surface area contributed by atoms with E-state index in [1.807, 2.05) is 4.90 Å². The van der Waals surface area contributed by atoms with Gasteiger partial charge in [0.05, 0.1) is 17.9 Å². The zero-order valence-corrected chi connectivity index (χ0v) is 37.0. The molecule has 0 aromatic carbocycles. The maximum absolute atomic E-state index is 14.3. The van der Waals surface area contributed by atoms with Crippen LogP contribution in [0.2, 0.25) is 0 Å². The summed E-state index contributed by atoms with van der Waals surface area (Å²) in [4.78, 5) is 56.3. The third-order valence-electron chi connectivity index (χ3n) is 18.5. The minimum absolute atomic E-state index is 0.0230. The zero-order chi connectivity index (χ0) is 41.5. The normalized spacial score (nSPS) is 38.4. The van der Waals surface area contributed by atoms with Crippen molar-refractivity contribution in [1.82, 2.24) is 9.80 Å². The molecule has 0 aromatic rings. The first-order valence-electron chi connectivity index (χ1n) is 23.0. The summed E-state index contributed by atoms with van der Waals surface area (Å²) in [5.41, 5.74) is 0.446. The number of aliphatic carboxylic acids is 1. The lowest BCUT2D eigenvalue weighted by Gasteiger charge is -2.72. The number of esters is 1. The second kappa shape index (κ2) is 15.0. The third-order valence-corrected chi connectivity index (χ3v) is 18.5. The molecule has 7 aliphatic rings. The Morgan fingerprint density at radius 2 is 1.63 bits per heavy atom. The van der Waals surface area contributed by atoms with Gasteiger partial charge in [0.2, 0.25) is 5.91 Å². The van der Waals surface area contributed by atoms with E-state index in [1.165, 1.54) is 24.8 Å². The van der Waals surface area contributed by atoms with Gasteiger partial charge in [-0.05, 0) is 136 Å². The van der Waals surface area contributed by atoms with Crippen LogP contribution in [0.5, 0.6) is 0 Å². The first-order valence-corrected chi connectivity index (χ1v) is 23.0. The van der Waals surface area contributed by atoms with Crippen molar-refractivity contribution in [3.05, 3.63) is 11.1 Å². The van der Waals surface area contributed by atoms with E-state index in [1.54, 1.807) is 13.8 Å². The molecule has 9 atom stereocenters. The largest absolute Gasteiger partial charge is 0.481 e. The predicted octanol–water partition coefficient (Wildman–Crippen LogP) is 8.47. The summed E-state index contributed by atoms with van der Waals surface area (Å²) in [6.07, 6.45) is 12.5. The molecule has 320 valence electrons. The topological polar surface area (TPSA) is 124 Å². The number of aliphatic hydroxyl groups excluding tert-OH is 1. The number of ether oxygens (including phenoxy) is 1. The Morgan fingerprint density at radius 1 is 0.912 bits per heavy atom. The molecule has 2 N–H and O–H groups in total. The number of nitrogens with zero attached hydrogens (tertiary/aromatic N) is 2. The lowest BCUT2D eigenvalue weighted by Crippen LogP contribution is -2.66. The van der Waals surface area contributed by atoms with Crippen molar-refractivity contribution in [3.63, 3.8) is 0 Å². The fourth-order valence-corrected chi connectivity index (χ4v) is 14.8. The third kappa shape index (κ3) is 6.96. The zero-order valence-electron chi connectivity index (χ0n) is 37.0. The number of Topliss-reactive ketones (excluding diaryl/α,β-unsaturated/α-hetero) is 1. The summed E-state index contributed by atoms with van der Waals surface area (Å²) in [6, 6.07) is 0. The van der Waals surface area contributed by atoms with Crippen molar-refractivity contribution >= 4 is 23.6 Å². The molecular weight excluding hydrogens is 717 g/mol. The van der Waals surface area contributed by atoms with Crippen molar-refractivity contribution in [2.24, 2.45) is 62.1 Å². The van der Waals surface area contributed by atoms with Gasteiger partial charge in [0.1, 0.15) is 6.10 Å². The molecule has 0 aromatic heterocycles. The second-order valence-corrected chi connectivity index (χ2v) is 22.6. The molecule has 6 fully saturated rings. The summed E-state index contributed by atoms with van der Waals surface area (Å²) in [7, 11) is 0. The molecule has 0 spiro atoms. The average Bonchev–Trinajstić information content (AvgIpc) is 3.66. The molecule has 5 saturated carbocycles. The minimum atomic E-state index is -1.17. The molecular formula is C48H76N2O7. The van der Waals surface area contributed by atoms with E-state index in [-0.39, 0.29) is 57.7 Å². The van der Waals surface area contributed by atoms with E-state index >= 15 is 0 Å². The van der Waals surface area contributed by atoms with Crippen molar-refractivity contribution in [3.8, 4) is 0 Å². The van der Waals surface area contributed by atoms with E-state index in [2.05, 4.69) is 53.4 Å². The van der Waals surface area contributed by atoms with Gasteiger partial charge in [0, 0.05) is 56.4 Å². The van der Waals surface area contributed by atoms with Crippen LogP contribution in [0.15, 0.2) is 11.1 Å². The van der Waals surface area contributed by atoms with Crippen LogP contribution in [-0.2, 0) is 23.9 Å². The molecule has 1 aliphatic heterocycles. The summed E-state index contributed by atoms with van der Waals surface area (Å²) in [6.45, 7) is 23.6. The number of carboxylic acids is 1. The number of allylic oxidation sites excluding steroid dienone is 1. The fourth-order valence-electron chi connectivity index (χ4n) is 14.8. The lowest BCUT2D eigenvalue weighted by atomic mass is 9.33. The Bertz CT molecular complexity index is 1650. The Morgan fingerprint density at radius 3 is 2.25 bits per heavy atom. The monoisotopic (exact) mass is 793 g/mol. The molecule has 0 radical (unpaired) electrons. The van der Waals surface area contributed by atoms with Crippen LogP contribution in [-0.4, -0.2) is 88.6 Å². The number of hydrogen-bond donors (Lipinski definition) is 2. The standard InChI is InChI=1S/C48H76N2O7/c1-30(2)40-33(51)26-48(36(52)29-49(28-31-12-10-13-31)24-25-50-23-11-14-38(50)53)22-21-46(8)32(41(40)48)15-16-35-45(7)19-18-37(57-39(54)27-43(3,4)42(55)56)44(5,6)34(45)17-20-47(35,46)9/h30-32,34-37,52H,10-29H2,1-9H3,(H,55,56)/t32-,34+,35?,36+,37+,45+,46-,47-,48+/m1/s1. The van der Waals surface area contributed by atoms with Gasteiger partial charge in [0.25, 0.3) is 0 Å². The van der Waals surface area contributed by atoms with Crippen molar-refractivity contribution in [2.45, 2.75) is 171 Å². The van der Waals surface area contributed by atoms with Gasteiger partial charge < -0.3 is 19.8 Å². The molecule has 7 rings (SSSR count). The Balaban J connectivity index is 1.14. The Hall–Kier alpha value is -2.26. The van der Waals surface area contributed by atoms with Gasteiger partial charge in [0.15, 0.2) is 5.78 Å². The van der Waals surface area contributed by atoms with Crippen molar-refractivity contribution < 1.29 is 34.1 Å². The number of aliphatic hydroxyl groups is 1. The number of fused-ring (bicyclic) bond motifs is 7. The maximum atomic E-state index is 14.3. The van der Waals surface area contributed by atoms with Crippen LogP contribution in [0, 0.1) is 62.1 Å². The number of ketones is 1. The highest BCUT2D eigenvalue weighted by Crippen LogP contribution is 2.77. The first kappa shape index (κ1) is 42.8. The molecule has 9 heteroatoms. The van der Waals surface area contributed by atoms with E-state index in [0.717, 1.165) is 83.0 Å². The SMILES string of the molecule is CC(C)C1=C2[C@H]3CCC4[C@@]5(C)CC[C@H](OC(=O)CC(C)(C)C(=O)O)C(C)(C)[C@@H]5CC[C@@]4(C)[C@]3(C)CC[C@@]2([C@@H](O)CN(CCN2CCCC2=O)CC2CCC2)CC1=O. The minimum Gasteiger partial charge on any atom is -0.481 e. The van der Waals surface area contributed by atoms with Gasteiger partial charge >= 0.3 is 11.9 Å². The first-order chi connectivity index (χ1) is 26.6. The molecule has 6 aliphatic carbocycles. The average molecular weight is 793 g/mol. The van der Waals surface area contributed by atoms with Gasteiger partial charge in [-0.3, -0.25) is 24.1 Å². The smallest absolute Gasteiger partial charge is 0.309 e. The fraction of sp³-hybridized carbons (Fsp3) is 0.875. The van der Waals surface area contributed by atoms with Crippen LogP contribution in [0.1, 0.15) is 159 Å². The Kier molecular flexibility index (Phi) is 11.3. The molecule has 57 heavy (non-hydrogen) atoms. The molecule has 1 amide bonds. The van der Waals surface area contributed by atoms with E-state index in [4.69, 9.17) is 4.74 Å². The summed E-state index contributed by atoms with van der Waals surface area (Å²) < 4.78 is 6.20. The number of carboxylic acid groups (broad SMARTS) is 1. The molecule has 0 bridgehead atoms. The van der Waals surface area contributed by atoms with Crippen LogP contribution < -0.4 is 0 Å². The molecule has 1 unspecified atom stereocenters. The highest BCUT2D eigenvalue weighted by Gasteiger charge is 2.71. The highest BCUT2D eigenvalue weighted by molar-refractivity contribution is 6.00. The molecule has 9 nitrogen and oxygen atoms in total.